The minimum Gasteiger partial charge on any atom is -0.465 e. The van der Waals surface area contributed by atoms with Crippen molar-refractivity contribution < 1.29 is 17.9 Å². The Bertz CT molecular complexity index is 811. The van der Waals surface area contributed by atoms with Crippen LogP contribution in [0.4, 0.5) is 0 Å². The molecule has 136 valence electrons. The second-order valence-electron chi connectivity index (χ2n) is 5.73. The zero-order valence-corrected chi connectivity index (χ0v) is 15.6. The van der Waals surface area contributed by atoms with Crippen molar-refractivity contribution in [1.82, 2.24) is 14.5 Å². The van der Waals surface area contributed by atoms with E-state index in [1.807, 2.05) is 30.3 Å². The molecule has 2 rings (SSSR count). The van der Waals surface area contributed by atoms with Gasteiger partial charge < -0.3 is 4.74 Å². The Morgan fingerprint density at radius 1 is 1.28 bits per heavy atom. The minimum absolute atomic E-state index is 0.0627. The number of sulfonamides is 1. The topological polar surface area (TPSA) is 92.4 Å². The van der Waals surface area contributed by atoms with E-state index < -0.39 is 22.0 Å². The molecule has 0 spiro atoms. The van der Waals surface area contributed by atoms with E-state index in [4.69, 9.17) is 4.74 Å². The van der Waals surface area contributed by atoms with E-state index in [0.717, 1.165) is 9.87 Å². The van der Waals surface area contributed by atoms with E-state index in [1.165, 1.54) is 6.92 Å². The van der Waals surface area contributed by atoms with Crippen LogP contribution in [0.5, 0.6) is 0 Å². The van der Waals surface area contributed by atoms with Gasteiger partial charge in [-0.2, -0.15) is 9.40 Å². The van der Waals surface area contributed by atoms with Crippen molar-refractivity contribution in [2.45, 2.75) is 45.2 Å². The lowest BCUT2D eigenvalue weighted by molar-refractivity contribution is -0.147. The summed E-state index contributed by atoms with van der Waals surface area (Å²) in [4.78, 5) is 12.3. The average molecular weight is 365 g/mol. The number of nitrogens with one attached hydrogen (secondary N) is 1. The summed E-state index contributed by atoms with van der Waals surface area (Å²) in [7, 11) is -3.94. The van der Waals surface area contributed by atoms with Crippen molar-refractivity contribution in [2.24, 2.45) is 0 Å². The molecule has 8 heteroatoms. The molecule has 1 atom stereocenters. The van der Waals surface area contributed by atoms with E-state index in [-0.39, 0.29) is 18.0 Å². The molecule has 1 N–H and O–H groups in total. The van der Waals surface area contributed by atoms with Crippen molar-refractivity contribution in [3.63, 3.8) is 0 Å². The van der Waals surface area contributed by atoms with Gasteiger partial charge in [0, 0.05) is 6.54 Å². The Balaban J connectivity index is 2.48. The number of esters is 1. The number of H-pyrrole nitrogens is 1. The van der Waals surface area contributed by atoms with Crippen LogP contribution in [0.3, 0.4) is 0 Å². The number of nitrogens with zero attached hydrogens (tertiary/aromatic N) is 2. The number of aryl methyl sites for hydroxylation is 2. The number of carbonyl (C=O) groups excluding carboxylic acids is 1. The van der Waals surface area contributed by atoms with Gasteiger partial charge in [-0.25, -0.2) is 8.42 Å². The third-order valence-electron chi connectivity index (χ3n) is 3.87. The predicted octanol–water partition coefficient (Wildman–Crippen LogP) is 2.17. The number of rotatable bonds is 7. The van der Waals surface area contributed by atoms with Gasteiger partial charge in [0.2, 0.25) is 10.0 Å². The molecular weight excluding hydrogens is 342 g/mol. The summed E-state index contributed by atoms with van der Waals surface area (Å²) >= 11 is 0. The van der Waals surface area contributed by atoms with Crippen LogP contribution in [-0.2, 0) is 26.1 Å². The number of aromatic nitrogens is 2. The predicted molar refractivity (Wildman–Crippen MR) is 93.3 cm³/mol. The standard InChI is InChI=1S/C17H23N3O4S/c1-5-24-17(21)14(4)20(11-15-9-7-6-8-10-15)25(22,23)16-12(2)18-19-13(16)3/h6-10,14H,5,11H2,1-4H3,(H,18,19). The first-order valence-electron chi connectivity index (χ1n) is 8.03. The molecule has 0 aliphatic rings. The molecule has 0 radical (unpaired) electrons. The lowest BCUT2D eigenvalue weighted by Crippen LogP contribution is -2.43. The van der Waals surface area contributed by atoms with Crippen molar-refractivity contribution in [3.8, 4) is 0 Å². The highest BCUT2D eigenvalue weighted by Gasteiger charge is 2.36. The number of hydrogen-bond acceptors (Lipinski definition) is 5. The summed E-state index contributed by atoms with van der Waals surface area (Å²) < 4.78 is 32.7. The molecule has 25 heavy (non-hydrogen) atoms. The number of carbonyl (C=O) groups is 1. The maximum Gasteiger partial charge on any atom is 0.324 e. The minimum atomic E-state index is -3.94. The second kappa shape index (κ2) is 7.79. The van der Waals surface area contributed by atoms with Gasteiger partial charge in [-0.05, 0) is 33.3 Å². The quantitative estimate of drug-likeness (QED) is 0.759. The monoisotopic (exact) mass is 365 g/mol. The van der Waals surface area contributed by atoms with Gasteiger partial charge in [0.1, 0.15) is 10.9 Å². The molecule has 1 aromatic carbocycles. The molecule has 0 amide bonds. The summed E-state index contributed by atoms with van der Waals surface area (Å²) in [6.07, 6.45) is 0. The lowest BCUT2D eigenvalue weighted by atomic mass is 10.2. The largest absolute Gasteiger partial charge is 0.465 e. The van der Waals surface area contributed by atoms with Gasteiger partial charge in [0.05, 0.1) is 18.0 Å². The smallest absolute Gasteiger partial charge is 0.324 e. The lowest BCUT2D eigenvalue weighted by Gasteiger charge is -2.27. The highest BCUT2D eigenvalue weighted by atomic mass is 32.2. The molecular formula is C17H23N3O4S. The molecule has 0 saturated heterocycles. The van der Waals surface area contributed by atoms with Crippen LogP contribution in [0.15, 0.2) is 35.2 Å². The Hall–Kier alpha value is -2.19. The first kappa shape index (κ1) is 19.1. The van der Waals surface area contributed by atoms with Crippen LogP contribution in [0, 0.1) is 13.8 Å². The van der Waals surface area contributed by atoms with Gasteiger partial charge in [0.25, 0.3) is 0 Å². The average Bonchev–Trinajstić information content (AvgIpc) is 2.92. The van der Waals surface area contributed by atoms with Crippen molar-refractivity contribution in [3.05, 3.63) is 47.3 Å². The Morgan fingerprint density at radius 3 is 2.44 bits per heavy atom. The number of benzene rings is 1. The van der Waals surface area contributed by atoms with Crippen LogP contribution in [0.1, 0.15) is 30.8 Å². The van der Waals surface area contributed by atoms with Gasteiger partial charge in [-0.15, -0.1) is 0 Å². The highest BCUT2D eigenvalue weighted by molar-refractivity contribution is 7.89. The maximum absolute atomic E-state index is 13.2. The SMILES string of the molecule is CCOC(=O)C(C)N(Cc1ccccc1)S(=O)(=O)c1c(C)n[nH]c1C. The van der Waals surface area contributed by atoms with Crippen LogP contribution < -0.4 is 0 Å². The van der Waals surface area contributed by atoms with Gasteiger partial charge in [-0.3, -0.25) is 9.89 Å². The molecule has 2 aromatic rings. The van der Waals surface area contributed by atoms with Gasteiger partial charge >= 0.3 is 5.97 Å². The Morgan fingerprint density at radius 2 is 1.92 bits per heavy atom. The third kappa shape index (κ3) is 4.08. The van der Waals surface area contributed by atoms with Gasteiger partial charge in [0.15, 0.2) is 0 Å². The van der Waals surface area contributed by atoms with E-state index >= 15 is 0 Å². The van der Waals surface area contributed by atoms with E-state index in [0.29, 0.717) is 11.4 Å². The van der Waals surface area contributed by atoms with Crippen molar-refractivity contribution >= 4 is 16.0 Å². The normalized spacial score (nSPS) is 13.0. The maximum atomic E-state index is 13.2. The van der Waals surface area contributed by atoms with Crippen molar-refractivity contribution in [2.75, 3.05) is 6.61 Å². The third-order valence-corrected chi connectivity index (χ3v) is 6.05. The van der Waals surface area contributed by atoms with Crippen LogP contribution >= 0.6 is 0 Å². The molecule has 0 aliphatic heterocycles. The molecule has 7 nitrogen and oxygen atoms in total. The molecule has 0 bridgehead atoms. The zero-order valence-electron chi connectivity index (χ0n) is 14.8. The number of ether oxygens (including phenoxy) is 1. The zero-order chi connectivity index (χ0) is 18.6. The first-order valence-corrected chi connectivity index (χ1v) is 9.47. The summed E-state index contributed by atoms with van der Waals surface area (Å²) in [5, 5.41) is 6.65. The molecule has 0 saturated carbocycles. The van der Waals surface area contributed by atoms with Gasteiger partial charge in [-0.1, -0.05) is 30.3 Å². The molecule has 1 aromatic heterocycles. The molecule has 1 unspecified atom stereocenters. The number of aromatic amines is 1. The van der Waals surface area contributed by atoms with E-state index in [2.05, 4.69) is 10.2 Å². The fraction of sp³-hybridized carbons (Fsp3) is 0.412. The van der Waals surface area contributed by atoms with Crippen LogP contribution in [0.2, 0.25) is 0 Å². The Kier molecular flexibility index (Phi) is 5.97. The Labute approximate surface area is 148 Å². The molecule has 0 fully saturated rings. The van der Waals surface area contributed by atoms with Crippen LogP contribution in [0.25, 0.3) is 0 Å². The summed E-state index contributed by atoms with van der Waals surface area (Å²) in [6.45, 7) is 6.72. The highest BCUT2D eigenvalue weighted by Crippen LogP contribution is 2.25. The van der Waals surface area contributed by atoms with E-state index in [9.17, 15) is 13.2 Å². The second-order valence-corrected chi connectivity index (χ2v) is 7.55. The van der Waals surface area contributed by atoms with E-state index in [1.54, 1.807) is 20.8 Å². The summed E-state index contributed by atoms with van der Waals surface area (Å²) in [5.41, 5.74) is 1.58. The fourth-order valence-corrected chi connectivity index (χ4v) is 4.52. The molecule has 0 aliphatic carbocycles. The fourth-order valence-electron chi connectivity index (χ4n) is 2.61. The van der Waals surface area contributed by atoms with Crippen LogP contribution in [-0.4, -0.2) is 41.5 Å². The summed E-state index contributed by atoms with van der Waals surface area (Å²) in [5.74, 6) is -0.583. The van der Waals surface area contributed by atoms with Crippen molar-refractivity contribution in [1.29, 1.82) is 0 Å². The number of hydrogen-bond donors (Lipinski definition) is 1. The summed E-state index contributed by atoms with van der Waals surface area (Å²) in [6, 6.07) is 8.17. The molecule has 1 heterocycles. The first-order chi connectivity index (χ1) is 11.8.